The number of halogens is 1. The van der Waals surface area contributed by atoms with Gasteiger partial charge in [0.05, 0.1) is 35.4 Å². The van der Waals surface area contributed by atoms with Crippen molar-refractivity contribution in [2.24, 2.45) is 17.3 Å². The van der Waals surface area contributed by atoms with Crippen molar-refractivity contribution in [2.75, 3.05) is 13.7 Å². The molecule has 0 unspecified atom stereocenters. The Labute approximate surface area is 348 Å². The first-order chi connectivity index (χ1) is 28.2. The first kappa shape index (κ1) is 41.1. The van der Waals surface area contributed by atoms with Gasteiger partial charge in [-0.2, -0.15) is 0 Å². The van der Waals surface area contributed by atoms with Crippen LogP contribution in [0.4, 0.5) is 4.39 Å². The maximum absolute atomic E-state index is 15.0. The van der Waals surface area contributed by atoms with Gasteiger partial charge in [0, 0.05) is 47.4 Å². The third-order valence-electron chi connectivity index (χ3n) is 12.9. The smallest absolute Gasteiger partial charge is 0.240 e. The van der Waals surface area contributed by atoms with Gasteiger partial charge in [-0.05, 0) is 107 Å². The van der Waals surface area contributed by atoms with Crippen LogP contribution in [0.3, 0.4) is 0 Å². The molecule has 8 rings (SSSR count). The summed E-state index contributed by atoms with van der Waals surface area (Å²) in [6.45, 7) is 5.48. The summed E-state index contributed by atoms with van der Waals surface area (Å²) in [6, 6.07) is 9.46. The van der Waals surface area contributed by atoms with E-state index in [0.717, 1.165) is 42.2 Å². The number of fused-ring (bicyclic) bond motifs is 3. The molecule has 4 aliphatic rings. The SMILES string of the molecule is COc1ccc2c(O[C@@H]3C[C@H]4C(=O)C[C@]5(C(=O)NS(=O)(=O)C6(C)CC6)C[C@@H]5/C=C\CCCCC[C@H](Cc5cc(C)cc(F)c5)C(=O)N4C3)cc(-c3nccs3)nc2c1C. The molecule has 2 aliphatic carbocycles. The molecule has 0 spiro atoms. The Morgan fingerprint density at radius 1 is 1.08 bits per heavy atom. The zero-order chi connectivity index (χ0) is 41.7. The summed E-state index contributed by atoms with van der Waals surface area (Å²) in [7, 11) is -2.35. The van der Waals surface area contributed by atoms with E-state index in [1.807, 2.05) is 55.6 Å². The molecule has 0 bridgehead atoms. The Morgan fingerprint density at radius 2 is 1.90 bits per heavy atom. The molecule has 11 nitrogen and oxygen atoms in total. The number of aryl methyl sites for hydroxylation is 2. The van der Waals surface area contributed by atoms with Gasteiger partial charge in [0.25, 0.3) is 0 Å². The van der Waals surface area contributed by atoms with E-state index in [4.69, 9.17) is 14.5 Å². The number of aromatic nitrogens is 2. The van der Waals surface area contributed by atoms with Crippen LogP contribution in [0.15, 0.2) is 60.1 Å². The average Bonchev–Trinajstić information content (AvgIpc) is 3.94. The van der Waals surface area contributed by atoms with E-state index in [1.165, 1.54) is 23.5 Å². The molecule has 312 valence electrons. The molecule has 2 amide bonds. The molecular formula is C45H51FN4O7S2. The summed E-state index contributed by atoms with van der Waals surface area (Å²) in [6.07, 6.45) is 10.4. The standard InChI is InChI=1S/C45H51FN4O7S2/c1-27-18-29(21-32(46)19-27)20-30-10-8-6-5-7-9-11-31-24-45(31,43(53)49-59(54,55)44(3)14-15-44)25-37(51)36-22-33(26-50(36)42(30)52)57-39-23-35(41-47-16-17-58-41)48-40-28(2)38(56-4)13-12-34(39)40/h9,11-13,16-19,21,23,30-31,33,36H,5-8,10,14-15,20,22,24-26H2,1-4H3,(H,49,53)/b11-9-/t30-,31+,33-,36+,45-/m1/s1. The molecule has 1 saturated heterocycles. The Morgan fingerprint density at radius 3 is 2.63 bits per heavy atom. The molecule has 2 aromatic carbocycles. The van der Waals surface area contributed by atoms with Crippen molar-refractivity contribution in [3.05, 3.63) is 82.6 Å². The number of carbonyl (C=O) groups excluding carboxylic acids is 3. The van der Waals surface area contributed by atoms with Gasteiger partial charge in [-0.1, -0.05) is 31.1 Å². The van der Waals surface area contributed by atoms with Gasteiger partial charge < -0.3 is 14.4 Å². The van der Waals surface area contributed by atoms with Crippen LogP contribution < -0.4 is 14.2 Å². The number of thiazole rings is 1. The maximum atomic E-state index is 15.0. The number of carbonyl (C=O) groups is 3. The maximum Gasteiger partial charge on any atom is 0.240 e. The fourth-order valence-corrected chi connectivity index (χ4v) is 10.9. The number of rotatable bonds is 9. The first-order valence-electron chi connectivity index (χ1n) is 20.6. The normalized spacial score (nSPS) is 26.3. The van der Waals surface area contributed by atoms with E-state index in [0.29, 0.717) is 65.4 Å². The minimum absolute atomic E-state index is 0.106. The zero-order valence-corrected chi connectivity index (χ0v) is 35.6. The lowest BCUT2D eigenvalue weighted by Crippen LogP contribution is -2.47. The Balaban J connectivity index is 1.15. The fraction of sp³-hybridized carbons (Fsp3) is 0.489. The number of nitrogens with zero attached hydrogens (tertiary/aromatic N) is 3. The van der Waals surface area contributed by atoms with Crippen molar-refractivity contribution in [1.29, 1.82) is 0 Å². The topological polar surface area (TPSA) is 145 Å². The van der Waals surface area contributed by atoms with Crippen LogP contribution in [0.25, 0.3) is 21.6 Å². The van der Waals surface area contributed by atoms with Crippen LogP contribution in [-0.2, 0) is 30.8 Å². The second-order valence-corrected chi connectivity index (χ2v) is 20.3. The number of methoxy groups -OCH3 is 1. The van der Waals surface area contributed by atoms with Gasteiger partial charge in [-0.15, -0.1) is 11.3 Å². The summed E-state index contributed by atoms with van der Waals surface area (Å²) in [5.41, 5.74) is 2.32. The lowest BCUT2D eigenvalue weighted by molar-refractivity contribution is -0.142. The molecule has 2 saturated carbocycles. The number of amides is 2. The second-order valence-electron chi connectivity index (χ2n) is 17.2. The van der Waals surface area contributed by atoms with Gasteiger partial charge in [0.1, 0.15) is 34.1 Å². The number of pyridine rings is 1. The van der Waals surface area contributed by atoms with E-state index in [9.17, 15) is 27.2 Å². The molecule has 14 heteroatoms. The van der Waals surface area contributed by atoms with E-state index in [-0.39, 0.29) is 42.8 Å². The Hall–Kier alpha value is -4.69. The molecule has 0 radical (unpaired) electrons. The second kappa shape index (κ2) is 16.1. The molecule has 1 N–H and O–H groups in total. The van der Waals surface area contributed by atoms with Crippen molar-refractivity contribution in [1.82, 2.24) is 19.6 Å². The monoisotopic (exact) mass is 842 g/mol. The van der Waals surface area contributed by atoms with Crippen LogP contribution in [-0.4, -0.2) is 71.4 Å². The van der Waals surface area contributed by atoms with E-state index < -0.39 is 44.2 Å². The molecule has 2 aliphatic heterocycles. The highest BCUT2D eigenvalue weighted by atomic mass is 32.2. The lowest BCUT2D eigenvalue weighted by atomic mass is 9.89. The third kappa shape index (κ3) is 8.27. The first-order valence-corrected chi connectivity index (χ1v) is 22.9. The van der Waals surface area contributed by atoms with Crippen LogP contribution >= 0.6 is 11.3 Å². The highest BCUT2D eigenvalue weighted by Gasteiger charge is 2.62. The van der Waals surface area contributed by atoms with E-state index in [2.05, 4.69) is 9.71 Å². The number of allylic oxidation sites excluding steroid dienone is 2. The number of Topliss-reactive ketones (excluding diaryl/α,β-unsaturated/α-hetero) is 1. The Bertz CT molecular complexity index is 2410. The molecular weight excluding hydrogens is 792 g/mol. The summed E-state index contributed by atoms with van der Waals surface area (Å²) < 4.78 is 55.0. The van der Waals surface area contributed by atoms with E-state index in [1.54, 1.807) is 25.1 Å². The van der Waals surface area contributed by atoms with E-state index >= 15 is 0 Å². The number of hydrogen-bond acceptors (Lipinski definition) is 10. The summed E-state index contributed by atoms with van der Waals surface area (Å²) in [5.74, 6) is -1.22. The molecule has 2 aromatic heterocycles. The van der Waals surface area contributed by atoms with Crippen LogP contribution in [0.2, 0.25) is 0 Å². The lowest BCUT2D eigenvalue weighted by Gasteiger charge is -2.29. The summed E-state index contributed by atoms with van der Waals surface area (Å²) in [5, 5.41) is 3.31. The van der Waals surface area contributed by atoms with Gasteiger partial charge in [0.2, 0.25) is 21.8 Å². The Kier molecular flexibility index (Phi) is 11.2. The predicted molar refractivity (Wildman–Crippen MR) is 224 cm³/mol. The van der Waals surface area contributed by atoms with Gasteiger partial charge >= 0.3 is 0 Å². The number of hydrogen-bond donors (Lipinski definition) is 1. The van der Waals surface area contributed by atoms with Crippen LogP contribution in [0, 0.1) is 36.9 Å². The molecule has 3 fully saturated rings. The number of sulfonamides is 1. The number of benzene rings is 2. The zero-order valence-electron chi connectivity index (χ0n) is 34.0. The van der Waals surface area contributed by atoms with Crippen LogP contribution in [0.1, 0.15) is 87.8 Å². The fourth-order valence-electron chi connectivity index (χ4n) is 8.97. The molecule has 59 heavy (non-hydrogen) atoms. The molecule has 4 heterocycles. The number of ether oxygens (including phenoxy) is 2. The minimum atomic E-state index is -3.95. The largest absolute Gasteiger partial charge is 0.496 e. The summed E-state index contributed by atoms with van der Waals surface area (Å²) >= 11 is 1.44. The van der Waals surface area contributed by atoms with Crippen molar-refractivity contribution in [3.63, 3.8) is 0 Å². The van der Waals surface area contributed by atoms with Crippen molar-refractivity contribution in [3.8, 4) is 22.2 Å². The molecule has 4 aromatic rings. The minimum Gasteiger partial charge on any atom is -0.496 e. The van der Waals surface area contributed by atoms with Crippen molar-refractivity contribution >= 4 is 49.9 Å². The quantitative estimate of drug-likeness (QED) is 0.167. The molecule has 5 atom stereocenters. The van der Waals surface area contributed by atoms with Crippen LogP contribution in [0.5, 0.6) is 11.5 Å². The highest BCUT2D eigenvalue weighted by Crippen LogP contribution is 2.57. The number of ketones is 1. The highest BCUT2D eigenvalue weighted by molar-refractivity contribution is 7.91. The summed E-state index contributed by atoms with van der Waals surface area (Å²) in [4.78, 5) is 54.9. The average molecular weight is 843 g/mol. The van der Waals surface area contributed by atoms with Gasteiger partial charge in [-0.3, -0.25) is 19.1 Å². The predicted octanol–water partition coefficient (Wildman–Crippen LogP) is 7.81. The third-order valence-corrected chi connectivity index (χ3v) is 15.8. The number of nitrogens with one attached hydrogen (secondary N) is 1. The van der Waals surface area contributed by atoms with Gasteiger partial charge in [0.15, 0.2) is 5.78 Å². The van der Waals surface area contributed by atoms with Gasteiger partial charge in [-0.25, -0.2) is 22.8 Å². The van der Waals surface area contributed by atoms with Crippen molar-refractivity contribution < 1.29 is 36.7 Å². The van der Waals surface area contributed by atoms with Crippen molar-refractivity contribution in [2.45, 2.75) is 108 Å².